The molecule has 4 aromatic rings. The lowest BCUT2D eigenvalue weighted by molar-refractivity contribution is 0.0600. The Kier molecular flexibility index (Phi) is 5.38. The van der Waals surface area contributed by atoms with Crippen molar-refractivity contribution in [2.45, 2.75) is 19.9 Å². The summed E-state index contributed by atoms with van der Waals surface area (Å²) in [6.07, 6.45) is 2.54. The van der Waals surface area contributed by atoms with Gasteiger partial charge in [0.2, 0.25) is 0 Å². The number of carbonyl (C=O) groups is 1. The smallest absolute Gasteiger partial charge is 0.337 e. The zero-order valence-electron chi connectivity index (χ0n) is 17.1. The van der Waals surface area contributed by atoms with Gasteiger partial charge in [0.25, 0.3) is 0 Å². The van der Waals surface area contributed by atoms with Gasteiger partial charge in [0.05, 0.1) is 36.0 Å². The molecule has 4 rings (SSSR count). The second-order valence-electron chi connectivity index (χ2n) is 6.76. The Hall–Kier alpha value is -3.81. The largest absolute Gasteiger partial charge is 0.465 e. The van der Waals surface area contributed by atoms with Gasteiger partial charge < -0.3 is 10.1 Å². The SMILES string of the molecule is CCc1nn(C)c2nc(-c3ccc(C(=O)OC)cc3)nc(NCc3ccccn3)c12. The molecule has 0 spiro atoms. The third-order valence-corrected chi connectivity index (χ3v) is 4.82. The standard InChI is InChI=1S/C22H22N6O2/c1-4-17-18-20(24-13-16-7-5-6-12-23-16)25-19(26-21(18)28(2)27-17)14-8-10-15(11-9-14)22(29)30-3/h5-12H,4,13H2,1-3H3,(H,24,25,26). The Morgan fingerprint density at radius 3 is 2.60 bits per heavy atom. The van der Waals surface area contributed by atoms with E-state index in [0.29, 0.717) is 23.8 Å². The third-order valence-electron chi connectivity index (χ3n) is 4.82. The van der Waals surface area contributed by atoms with Crippen molar-refractivity contribution >= 4 is 22.8 Å². The molecule has 0 saturated heterocycles. The van der Waals surface area contributed by atoms with Crippen LogP contribution in [0.4, 0.5) is 5.82 Å². The number of benzene rings is 1. The van der Waals surface area contributed by atoms with Crippen molar-refractivity contribution in [1.29, 1.82) is 0 Å². The molecule has 30 heavy (non-hydrogen) atoms. The van der Waals surface area contributed by atoms with E-state index in [9.17, 15) is 4.79 Å². The van der Waals surface area contributed by atoms with Gasteiger partial charge in [0.15, 0.2) is 11.5 Å². The summed E-state index contributed by atoms with van der Waals surface area (Å²) in [5, 5.41) is 8.91. The third kappa shape index (κ3) is 3.71. The molecule has 0 amide bonds. The first kappa shape index (κ1) is 19.5. The number of rotatable bonds is 6. The minimum atomic E-state index is -0.380. The van der Waals surface area contributed by atoms with Crippen LogP contribution in [0.2, 0.25) is 0 Å². The second-order valence-corrected chi connectivity index (χ2v) is 6.76. The van der Waals surface area contributed by atoms with Gasteiger partial charge in [-0.25, -0.2) is 19.4 Å². The highest BCUT2D eigenvalue weighted by molar-refractivity contribution is 5.92. The topological polar surface area (TPSA) is 94.8 Å². The Bertz CT molecular complexity index is 1190. The molecular weight excluding hydrogens is 380 g/mol. The fourth-order valence-corrected chi connectivity index (χ4v) is 3.28. The molecule has 8 nitrogen and oxygen atoms in total. The zero-order valence-corrected chi connectivity index (χ0v) is 17.1. The predicted molar refractivity (Wildman–Crippen MR) is 114 cm³/mol. The number of esters is 1. The fourth-order valence-electron chi connectivity index (χ4n) is 3.28. The van der Waals surface area contributed by atoms with Crippen LogP contribution in [0.3, 0.4) is 0 Å². The van der Waals surface area contributed by atoms with E-state index in [4.69, 9.17) is 14.7 Å². The molecule has 1 aromatic carbocycles. The molecule has 0 aliphatic heterocycles. The molecule has 1 N–H and O–H groups in total. The highest BCUT2D eigenvalue weighted by atomic mass is 16.5. The summed E-state index contributed by atoms with van der Waals surface area (Å²) in [6.45, 7) is 2.59. The molecule has 0 fully saturated rings. The van der Waals surface area contributed by atoms with Crippen molar-refractivity contribution in [3.8, 4) is 11.4 Å². The van der Waals surface area contributed by atoms with E-state index in [1.165, 1.54) is 7.11 Å². The lowest BCUT2D eigenvalue weighted by Gasteiger charge is -2.10. The van der Waals surface area contributed by atoms with E-state index in [1.54, 1.807) is 23.0 Å². The van der Waals surface area contributed by atoms with Crippen molar-refractivity contribution in [2.75, 3.05) is 12.4 Å². The van der Waals surface area contributed by atoms with Crippen molar-refractivity contribution in [2.24, 2.45) is 7.05 Å². The maximum atomic E-state index is 11.7. The van der Waals surface area contributed by atoms with Crippen molar-refractivity contribution in [3.63, 3.8) is 0 Å². The molecule has 3 aromatic heterocycles. The minimum Gasteiger partial charge on any atom is -0.465 e. The maximum Gasteiger partial charge on any atom is 0.337 e. The number of hydrogen-bond donors (Lipinski definition) is 1. The number of pyridine rings is 1. The summed E-state index contributed by atoms with van der Waals surface area (Å²) in [5.74, 6) is 0.880. The summed E-state index contributed by atoms with van der Waals surface area (Å²) in [4.78, 5) is 25.6. The molecule has 0 unspecified atom stereocenters. The van der Waals surface area contributed by atoms with Crippen LogP contribution in [0.5, 0.6) is 0 Å². The van der Waals surface area contributed by atoms with Crippen LogP contribution in [0, 0.1) is 0 Å². The van der Waals surface area contributed by atoms with Crippen LogP contribution in [-0.2, 0) is 24.8 Å². The van der Waals surface area contributed by atoms with Crippen LogP contribution in [0.25, 0.3) is 22.4 Å². The zero-order chi connectivity index (χ0) is 21.1. The second kappa shape index (κ2) is 8.28. The van der Waals surface area contributed by atoms with Gasteiger partial charge in [-0.15, -0.1) is 0 Å². The van der Waals surface area contributed by atoms with Crippen molar-refractivity contribution in [1.82, 2.24) is 24.7 Å². The molecule has 0 aliphatic carbocycles. The molecule has 0 atom stereocenters. The lowest BCUT2D eigenvalue weighted by Crippen LogP contribution is -2.06. The van der Waals surface area contributed by atoms with E-state index < -0.39 is 0 Å². The van der Waals surface area contributed by atoms with Crippen molar-refractivity contribution < 1.29 is 9.53 Å². The molecule has 8 heteroatoms. The average Bonchev–Trinajstić information content (AvgIpc) is 3.13. The molecular formula is C22H22N6O2. The number of hydrogen-bond acceptors (Lipinski definition) is 7. The summed E-state index contributed by atoms with van der Waals surface area (Å²) in [6, 6.07) is 12.8. The van der Waals surface area contributed by atoms with Crippen LogP contribution in [0.15, 0.2) is 48.7 Å². The number of aryl methyl sites for hydroxylation is 2. The summed E-state index contributed by atoms with van der Waals surface area (Å²) in [7, 11) is 3.24. The summed E-state index contributed by atoms with van der Waals surface area (Å²) in [5.41, 5.74) is 3.87. The molecule has 152 valence electrons. The number of fused-ring (bicyclic) bond motifs is 1. The number of aromatic nitrogens is 5. The predicted octanol–water partition coefficient (Wildman–Crippen LogP) is 3.39. The summed E-state index contributed by atoms with van der Waals surface area (Å²) >= 11 is 0. The van der Waals surface area contributed by atoms with Gasteiger partial charge in [-0.1, -0.05) is 25.1 Å². The summed E-state index contributed by atoms with van der Waals surface area (Å²) < 4.78 is 6.54. The van der Waals surface area contributed by atoms with Crippen LogP contribution in [-0.4, -0.2) is 37.8 Å². The number of nitrogens with zero attached hydrogens (tertiary/aromatic N) is 5. The van der Waals surface area contributed by atoms with E-state index in [2.05, 4.69) is 22.3 Å². The number of ether oxygens (including phenoxy) is 1. The van der Waals surface area contributed by atoms with E-state index >= 15 is 0 Å². The minimum absolute atomic E-state index is 0.380. The highest BCUT2D eigenvalue weighted by Gasteiger charge is 2.17. The van der Waals surface area contributed by atoms with Gasteiger partial charge >= 0.3 is 5.97 Å². The average molecular weight is 402 g/mol. The van der Waals surface area contributed by atoms with Crippen LogP contribution in [0.1, 0.15) is 28.7 Å². The first-order valence-electron chi connectivity index (χ1n) is 9.66. The lowest BCUT2D eigenvalue weighted by atomic mass is 10.1. The first-order valence-corrected chi connectivity index (χ1v) is 9.66. The Morgan fingerprint density at radius 2 is 1.93 bits per heavy atom. The Labute approximate surface area is 174 Å². The molecule has 0 aliphatic rings. The van der Waals surface area contributed by atoms with Gasteiger partial charge in [-0.3, -0.25) is 4.98 Å². The normalized spacial score (nSPS) is 10.9. The first-order chi connectivity index (χ1) is 14.6. The monoisotopic (exact) mass is 402 g/mol. The highest BCUT2D eigenvalue weighted by Crippen LogP contribution is 2.28. The van der Waals surface area contributed by atoms with E-state index in [-0.39, 0.29) is 5.97 Å². The van der Waals surface area contributed by atoms with Gasteiger partial charge in [0, 0.05) is 18.8 Å². The maximum absolute atomic E-state index is 11.7. The van der Waals surface area contributed by atoms with Crippen LogP contribution >= 0.6 is 0 Å². The van der Waals surface area contributed by atoms with Crippen molar-refractivity contribution in [3.05, 3.63) is 65.6 Å². The van der Waals surface area contributed by atoms with Gasteiger partial charge in [-0.05, 0) is 30.7 Å². The molecule has 0 bridgehead atoms. The van der Waals surface area contributed by atoms with E-state index in [0.717, 1.165) is 34.4 Å². The molecule has 0 radical (unpaired) electrons. The number of methoxy groups -OCH3 is 1. The molecule has 0 saturated carbocycles. The van der Waals surface area contributed by atoms with Crippen LogP contribution < -0.4 is 5.32 Å². The Morgan fingerprint density at radius 1 is 1.13 bits per heavy atom. The molecule has 3 heterocycles. The number of anilines is 1. The number of carbonyl (C=O) groups excluding carboxylic acids is 1. The van der Waals surface area contributed by atoms with Gasteiger partial charge in [0.1, 0.15) is 5.82 Å². The fraction of sp³-hybridized carbons (Fsp3) is 0.227. The quantitative estimate of drug-likeness (QED) is 0.494. The van der Waals surface area contributed by atoms with Gasteiger partial charge in [-0.2, -0.15) is 5.10 Å². The van der Waals surface area contributed by atoms with E-state index in [1.807, 2.05) is 37.4 Å². The number of nitrogens with one attached hydrogen (secondary N) is 1. The Balaban J connectivity index is 1.77.